The van der Waals surface area contributed by atoms with Crippen LogP contribution in [0.25, 0.3) is 0 Å². The molecule has 0 aromatic carbocycles. The van der Waals surface area contributed by atoms with Crippen molar-refractivity contribution in [1.29, 1.82) is 0 Å². The summed E-state index contributed by atoms with van der Waals surface area (Å²) in [5.74, 6) is 1.59. The van der Waals surface area contributed by atoms with Crippen LogP contribution < -0.4 is 0 Å². The Kier molecular flexibility index (Phi) is 7.23. The van der Waals surface area contributed by atoms with E-state index in [1.165, 1.54) is 25.7 Å². The summed E-state index contributed by atoms with van der Waals surface area (Å²) < 4.78 is 0. The van der Waals surface area contributed by atoms with Gasteiger partial charge in [0, 0.05) is 0 Å². The maximum Gasteiger partial charge on any atom is -0.0236 e. The molecule has 0 saturated heterocycles. The highest BCUT2D eigenvalue weighted by molar-refractivity contribution is 4.88. The largest absolute Gasteiger partial charge is 0.0883 e. The molecular weight excluding hydrogens is 144 g/mol. The molecule has 0 amide bonds. The highest BCUT2D eigenvalue weighted by Gasteiger charge is 2.04. The first-order valence-corrected chi connectivity index (χ1v) is 5.39. The number of allylic oxidation sites excluding steroid dienone is 2. The fraction of sp³-hybridized carbons (Fsp3) is 0.833. The second-order valence-electron chi connectivity index (χ2n) is 3.82. The fourth-order valence-corrected chi connectivity index (χ4v) is 1.19. The molecule has 72 valence electrons. The lowest BCUT2D eigenvalue weighted by atomic mass is 9.93. The molecule has 0 saturated carbocycles. The van der Waals surface area contributed by atoms with Crippen LogP contribution in [0.1, 0.15) is 53.4 Å². The first kappa shape index (κ1) is 11.7. The van der Waals surface area contributed by atoms with E-state index in [0.717, 1.165) is 11.8 Å². The molecule has 0 aliphatic carbocycles. The second kappa shape index (κ2) is 7.39. The first-order valence-electron chi connectivity index (χ1n) is 5.39. The molecule has 0 N–H and O–H groups in total. The SMILES string of the molecule is CCCCC=CC(C)C(C)CC. The van der Waals surface area contributed by atoms with Crippen LogP contribution in [0, 0.1) is 11.8 Å². The summed E-state index contributed by atoms with van der Waals surface area (Å²) in [5.41, 5.74) is 0. The summed E-state index contributed by atoms with van der Waals surface area (Å²) in [4.78, 5) is 0. The van der Waals surface area contributed by atoms with Gasteiger partial charge in [-0.3, -0.25) is 0 Å². The highest BCUT2D eigenvalue weighted by atomic mass is 14.1. The van der Waals surface area contributed by atoms with Crippen LogP contribution in [0.3, 0.4) is 0 Å². The third kappa shape index (κ3) is 5.40. The summed E-state index contributed by atoms with van der Waals surface area (Å²) >= 11 is 0. The fourth-order valence-electron chi connectivity index (χ4n) is 1.19. The van der Waals surface area contributed by atoms with Gasteiger partial charge in [0.2, 0.25) is 0 Å². The molecule has 2 atom stereocenters. The highest BCUT2D eigenvalue weighted by Crippen LogP contribution is 2.15. The Hall–Kier alpha value is -0.260. The van der Waals surface area contributed by atoms with E-state index in [9.17, 15) is 0 Å². The van der Waals surface area contributed by atoms with E-state index >= 15 is 0 Å². The van der Waals surface area contributed by atoms with Gasteiger partial charge < -0.3 is 0 Å². The average molecular weight is 168 g/mol. The zero-order chi connectivity index (χ0) is 9.40. The maximum absolute atomic E-state index is 2.38. The Morgan fingerprint density at radius 2 is 1.83 bits per heavy atom. The van der Waals surface area contributed by atoms with Crippen LogP contribution in [0.2, 0.25) is 0 Å². The summed E-state index contributed by atoms with van der Waals surface area (Å²) in [5, 5.41) is 0. The average Bonchev–Trinajstić information content (AvgIpc) is 2.10. The number of unbranched alkanes of at least 4 members (excludes halogenated alkanes) is 2. The van der Waals surface area contributed by atoms with Crippen molar-refractivity contribution in [2.75, 3.05) is 0 Å². The molecule has 0 fully saturated rings. The van der Waals surface area contributed by atoms with Crippen molar-refractivity contribution in [2.45, 2.75) is 53.4 Å². The van der Waals surface area contributed by atoms with Gasteiger partial charge >= 0.3 is 0 Å². The zero-order valence-electron chi connectivity index (χ0n) is 9.14. The van der Waals surface area contributed by atoms with E-state index in [1.54, 1.807) is 0 Å². The molecule has 0 aromatic heterocycles. The zero-order valence-corrected chi connectivity index (χ0v) is 9.14. The third-order valence-corrected chi connectivity index (χ3v) is 2.71. The Morgan fingerprint density at radius 1 is 1.17 bits per heavy atom. The van der Waals surface area contributed by atoms with E-state index in [1.807, 2.05) is 0 Å². The van der Waals surface area contributed by atoms with Gasteiger partial charge in [0.15, 0.2) is 0 Å². The predicted octanol–water partition coefficient (Wildman–Crippen LogP) is 4.42. The van der Waals surface area contributed by atoms with Crippen LogP contribution in [0.15, 0.2) is 12.2 Å². The Labute approximate surface area is 78.1 Å². The maximum atomic E-state index is 2.38. The molecule has 12 heavy (non-hydrogen) atoms. The lowest BCUT2D eigenvalue weighted by Gasteiger charge is -2.13. The molecule has 0 bridgehead atoms. The smallest absolute Gasteiger partial charge is 0.0236 e. The molecule has 0 aliphatic rings. The van der Waals surface area contributed by atoms with Crippen LogP contribution in [0.4, 0.5) is 0 Å². The number of hydrogen-bond donors (Lipinski definition) is 0. The topological polar surface area (TPSA) is 0 Å². The molecule has 0 aromatic rings. The number of rotatable bonds is 6. The monoisotopic (exact) mass is 168 g/mol. The van der Waals surface area contributed by atoms with Crippen molar-refractivity contribution in [3.8, 4) is 0 Å². The summed E-state index contributed by atoms with van der Waals surface area (Å²) in [6.07, 6.45) is 9.92. The lowest BCUT2D eigenvalue weighted by Crippen LogP contribution is -2.02. The van der Waals surface area contributed by atoms with Gasteiger partial charge in [0.25, 0.3) is 0 Å². The van der Waals surface area contributed by atoms with Gasteiger partial charge in [-0.05, 0) is 18.3 Å². The Morgan fingerprint density at radius 3 is 2.33 bits per heavy atom. The number of hydrogen-bond acceptors (Lipinski definition) is 0. The predicted molar refractivity (Wildman–Crippen MR) is 57.3 cm³/mol. The van der Waals surface area contributed by atoms with Gasteiger partial charge in [-0.15, -0.1) is 0 Å². The van der Waals surface area contributed by atoms with Crippen molar-refractivity contribution >= 4 is 0 Å². The van der Waals surface area contributed by atoms with E-state index in [0.29, 0.717) is 0 Å². The molecule has 0 rings (SSSR count). The standard InChI is InChI=1S/C12H24/c1-5-7-8-9-10-12(4)11(3)6-2/h9-12H,5-8H2,1-4H3. The second-order valence-corrected chi connectivity index (χ2v) is 3.82. The first-order chi connectivity index (χ1) is 5.72. The lowest BCUT2D eigenvalue weighted by molar-refractivity contribution is 0.445. The van der Waals surface area contributed by atoms with E-state index in [2.05, 4.69) is 39.8 Å². The van der Waals surface area contributed by atoms with Crippen molar-refractivity contribution in [3.05, 3.63) is 12.2 Å². The molecule has 0 heteroatoms. The van der Waals surface area contributed by atoms with E-state index in [4.69, 9.17) is 0 Å². The van der Waals surface area contributed by atoms with Crippen LogP contribution in [-0.4, -0.2) is 0 Å². The molecule has 0 radical (unpaired) electrons. The molecule has 0 aliphatic heterocycles. The Balaban J connectivity index is 3.52. The van der Waals surface area contributed by atoms with Crippen molar-refractivity contribution in [3.63, 3.8) is 0 Å². The van der Waals surface area contributed by atoms with Crippen LogP contribution in [0.5, 0.6) is 0 Å². The minimum absolute atomic E-state index is 0.756. The summed E-state index contributed by atoms with van der Waals surface area (Å²) in [6, 6.07) is 0. The van der Waals surface area contributed by atoms with E-state index in [-0.39, 0.29) is 0 Å². The van der Waals surface area contributed by atoms with Crippen LogP contribution in [-0.2, 0) is 0 Å². The van der Waals surface area contributed by atoms with Crippen LogP contribution >= 0.6 is 0 Å². The molecule has 2 unspecified atom stereocenters. The summed E-state index contributed by atoms with van der Waals surface area (Å²) in [6.45, 7) is 9.15. The van der Waals surface area contributed by atoms with Crippen molar-refractivity contribution in [1.82, 2.24) is 0 Å². The normalized spacial score (nSPS) is 16.7. The summed E-state index contributed by atoms with van der Waals surface area (Å²) in [7, 11) is 0. The molecule has 0 heterocycles. The Bertz CT molecular complexity index is 113. The molecule has 0 spiro atoms. The minimum Gasteiger partial charge on any atom is -0.0883 e. The van der Waals surface area contributed by atoms with Gasteiger partial charge in [-0.25, -0.2) is 0 Å². The third-order valence-electron chi connectivity index (χ3n) is 2.71. The van der Waals surface area contributed by atoms with Gasteiger partial charge in [-0.1, -0.05) is 59.1 Å². The van der Waals surface area contributed by atoms with Gasteiger partial charge in [0.1, 0.15) is 0 Å². The van der Waals surface area contributed by atoms with Gasteiger partial charge in [0.05, 0.1) is 0 Å². The van der Waals surface area contributed by atoms with E-state index < -0.39 is 0 Å². The van der Waals surface area contributed by atoms with Gasteiger partial charge in [-0.2, -0.15) is 0 Å². The van der Waals surface area contributed by atoms with Crippen molar-refractivity contribution in [2.24, 2.45) is 11.8 Å². The molecule has 0 nitrogen and oxygen atoms in total. The molecular formula is C12H24. The minimum atomic E-state index is 0.756. The van der Waals surface area contributed by atoms with Crippen molar-refractivity contribution < 1.29 is 0 Å². The quantitative estimate of drug-likeness (QED) is 0.407.